The number of rotatable bonds is 9. The molecule has 2 amide bonds. The van der Waals surface area contributed by atoms with Gasteiger partial charge in [0.05, 0.1) is 23.3 Å². The second-order valence-electron chi connectivity index (χ2n) is 9.32. The number of ether oxygens (including phenoxy) is 2. The molecule has 2 aliphatic rings. The van der Waals surface area contributed by atoms with Crippen molar-refractivity contribution in [1.29, 1.82) is 0 Å². The van der Waals surface area contributed by atoms with Crippen molar-refractivity contribution < 1.29 is 23.5 Å². The lowest BCUT2D eigenvalue weighted by atomic mass is 9.89. The summed E-state index contributed by atoms with van der Waals surface area (Å²) in [4.78, 5) is 32.4. The lowest BCUT2D eigenvalue weighted by molar-refractivity contribution is -0.127. The number of piperidine rings is 1. The number of amides is 2. The maximum Gasteiger partial charge on any atom is 0.253 e. The highest BCUT2D eigenvalue weighted by atomic mass is 32.2. The van der Waals surface area contributed by atoms with Gasteiger partial charge in [0.15, 0.2) is 11.5 Å². The maximum absolute atomic E-state index is 13.0. The average Bonchev–Trinajstić information content (AvgIpc) is 3.63. The quantitative estimate of drug-likeness (QED) is 0.312. The van der Waals surface area contributed by atoms with Crippen LogP contribution in [0.1, 0.15) is 51.8 Å². The van der Waals surface area contributed by atoms with Crippen molar-refractivity contribution in [3.05, 3.63) is 83.1 Å². The number of benzene rings is 1. The number of fused-ring (bicyclic) bond motifs is 1. The monoisotopic (exact) mass is 533 g/mol. The second-order valence-corrected chi connectivity index (χ2v) is 10.4. The number of aromatic nitrogens is 1. The second kappa shape index (κ2) is 12.2. The van der Waals surface area contributed by atoms with E-state index in [1.807, 2.05) is 54.3 Å². The van der Waals surface area contributed by atoms with E-state index >= 15 is 0 Å². The van der Waals surface area contributed by atoms with Crippen molar-refractivity contribution in [2.24, 2.45) is 0 Å². The minimum Gasteiger partial charge on any atom is -0.468 e. The molecule has 0 saturated carbocycles. The molecule has 1 fully saturated rings. The summed E-state index contributed by atoms with van der Waals surface area (Å²) in [5.41, 5.74) is 3.22. The number of thioether (sulfide) groups is 1. The minimum atomic E-state index is -0.101. The van der Waals surface area contributed by atoms with Crippen molar-refractivity contribution >= 4 is 29.7 Å². The van der Waals surface area contributed by atoms with Gasteiger partial charge in [0, 0.05) is 43.1 Å². The van der Waals surface area contributed by atoms with Gasteiger partial charge in [-0.25, -0.2) is 0 Å². The fourth-order valence-corrected chi connectivity index (χ4v) is 5.40. The van der Waals surface area contributed by atoms with Crippen LogP contribution in [-0.4, -0.2) is 53.9 Å². The lowest BCUT2D eigenvalue weighted by Gasteiger charge is -2.32. The molecule has 38 heavy (non-hydrogen) atoms. The Kier molecular flexibility index (Phi) is 8.33. The molecule has 0 atom stereocenters. The molecule has 0 aliphatic carbocycles. The first-order valence-corrected chi connectivity index (χ1v) is 13.9. The summed E-state index contributed by atoms with van der Waals surface area (Å²) in [5, 5.41) is 3.03. The van der Waals surface area contributed by atoms with Crippen LogP contribution in [0.25, 0.3) is 6.08 Å². The van der Waals surface area contributed by atoms with Crippen LogP contribution in [0.2, 0.25) is 0 Å². The predicted molar refractivity (Wildman–Crippen MR) is 146 cm³/mol. The molecular weight excluding hydrogens is 502 g/mol. The van der Waals surface area contributed by atoms with E-state index < -0.39 is 0 Å². The molecule has 9 heteroatoms. The van der Waals surface area contributed by atoms with Gasteiger partial charge in [0.1, 0.15) is 5.76 Å². The largest absolute Gasteiger partial charge is 0.468 e. The topological polar surface area (TPSA) is 93.9 Å². The number of furan rings is 1. The molecule has 198 valence electrons. The van der Waals surface area contributed by atoms with E-state index in [-0.39, 0.29) is 24.5 Å². The van der Waals surface area contributed by atoms with Gasteiger partial charge in [-0.05, 0) is 67.8 Å². The zero-order chi connectivity index (χ0) is 26.3. The van der Waals surface area contributed by atoms with Crippen LogP contribution in [0.4, 0.5) is 0 Å². The Morgan fingerprint density at radius 3 is 2.79 bits per heavy atom. The van der Waals surface area contributed by atoms with Gasteiger partial charge in [-0.3, -0.25) is 14.6 Å². The van der Waals surface area contributed by atoms with E-state index in [1.54, 1.807) is 30.2 Å². The third-order valence-corrected chi connectivity index (χ3v) is 7.65. The zero-order valence-electron chi connectivity index (χ0n) is 21.4. The summed E-state index contributed by atoms with van der Waals surface area (Å²) in [6.45, 7) is 3.97. The van der Waals surface area contributed by atoms with E-state index in [0.717, 1.165) is 52.8 Å². The zero-order valence-corrected chi connectivity index (χ0v) is 22.2. The molecule has 0 unspecified atom stereocenters. The van der Waals surface area contributed by atoms with Crippen LogP contribution in [0.3, 0.4) is 0 Å². The van der Waals surface area contributed by atoms with Crippen LogP contribution in [-0.2, 0) is 10.5 Å². The van der Waals surface area contributed by atoms with E-state index in [0.29, 0.717) is 30.9 Å². The fourth-order valence-electron chi connectivity index (χ4n) is 4.64. The lowest BCUT2D eigenvalue weighted by Crippen LogP contribution is -2.37. The summed E-state index contributed by atoms with van der Waals surface area (Å²) in [6.07, 6.45) is 6.60. The Labute approximate surface area is 226 Å². The maximum atomic E-state index is 13.0. The third-order valence-electron chi connectivity index (χ3n) is 6.67. The average molecular weight is 534 g/mol. The molecule has 5 rings (SSSR count). The molecule has 8 nitrogen and oxygen atoms in total. The molecule has 1 saturated heterocycles. The van der Waals surface area contributed by atoms with Crippen LogP contribution < -0.4 is 14.8 Å². The van der Waals surface area contributed by atoms with Crippen molar-refractivity contribution in [3.8, 4) is 11.5 Å². The summed E-state index contributed by atoms with van der Waals surface area (Å²) < 4.78 is 16.1. The first kappa shape index (κ1) is 25.9. The number of nitrogens with one attached hydrogen (secondary N) is 1. The van der Waals surface area contributed by atoms with Crippen LogP contribution in [0.5, 0.6) is 11.5 Å². The van der Waals surface area contributed by atoms with E-state index in [9.17, 15) is 9.59 Å². The van der Waals surface area contributed by atoms with Crippen LogP contribution in [0, 0.1) is 6.92 Å². The molecule has 0 spiro atoms. The molecule has 2 aromatic heterocycles. The van der Waals surface area contributed by atoms with Crippen molar-refractivity contribution in [1.82, 2.24) is 15.2 Å². The summed E-state index contributed by atoms with van der Waals surface area (Å²) in [7, 11) is 0. The van der Waals surface area contributed by atoms with E-state index in [1.165, 1.54) is 0 Å². The number of likely N-dealkylation sites (tertiary alicyclic amines) is 1. The normalized spacial score (nSPS) is 15.2. The highest BCUT2D eigenvalue weighted by Crippen LogP contribution is 2.33. The van der Waals surface area contributed by atoms with Gasteiger partial charge >= 0.3 is 0 Å². The van der Waals surface area contributed by atoms with E-state index in [4.69, 9.17) is 18.9 Å². The van der Waals surface area contributed by atoms with Gasteiger partial charge in [0.25, 0.3) is 5.91 Å². The van der Waals surface area contributed by atoms with Gasteiger partial charge in [0.2, 0.25) is 12.7 Å². The Morgan fingerprint density at radius 2 is 1.97 bits per heavy atom. The Bertz CT molecular complexity index is 1300. The number of carbonyl (C=O) groups excluding carboxylic acids is 2. The number of hydrogen-bond donors (Lipinski definition) is 1. The number of nitrogens with zero attached hydrogens (tertiary/aromatic N) is 2. The fraction of sp³-hybridized carbons (Fsp3) is 0.345. The highest BCUT2D eigenvalue weighted by Gasteiger charge is 2.27. The smallest absolute Gasteiger partial charge is 0.253 e. The number of aryl methyl sites for hydroxylation is 1. The summed E-state index contributed by atoms with van der Waals surface area (Å²) >= 11 is 1.71. The summed E-state index contributed by atoms with van der Waals surface area (Å²) in [5.74, 6) is 3.92. The molecule has 4 heterocycles. The van der Waals surface area contributed by atoms with Crippen molar-refractivity contribution in [2.75, 3.05) is 32.2 Å². The summed E-state index contributed by atoms with van der Waals surface area (Å²) in [6, 6.07) is 13.2. The van der Waals surface area contributed by atoms with Crippen molar-refractivity contribution in [2.45, 2.75) is 31.4 Å². The molecular formula is C29H31N3O5S. The predicted octanol–water partition coefficient (Wildman–Crippen LogP) is 4.79. The minimum absolute atomic E-state index is 0.0247. The van der Waals surface area contributed by atoms with Gasteiger partial charge in [-0.1, -0.05) is 6.07 Å². The Balaban J connectivity index is 1.13. The van der Waals surface area contributed by atoms with Crippen LogP contribution in [0.15, 0.2) is 59.2 Å². The Morgan fingerprint density at radius 1 is 1.13 bits per heavy atom. The molecule has 3 aromatic rings. The number of pyridine rings is 1. The first-order chi connectivity index (χ1) is 18.6. The molecule has 1 N–H and O–H groups in total. The standard InChI is InChI=1S/C29H31N3O5S/c1-20-4-7-24(29(34)30-12-16-38-18-23-3-2-15-35-23)28(31-20)22-10-13-32(14-11-22)27(33)9-6-21-5-8-25-26(17-21)37-19-36-25/h2-9,15,17,22H,10-14,16,18-19H2,1H3,(H,30,34)/b9-6+. The molecule has 2 aliphatic heterocycles. The van der Waals surface area contributed by atoms with Crippen LogP contribution >= 0.6 is 11.8 Å². The number of carbonyl (C=O) groups is 2. The Hall–Kier alpha value is -3.72. The third kappa shape index (κ3) is 6.39. The van der Waals surface area contributed by atoms with Gasteiger partial charge < -0.3 is 24.1 Å². The first-order valence-electron chi connectivity index (χ1n) is 12.8. The molecule has 0 radical (unpaired) electrons. The SMILES string of the molecule is Cc1ccc(C(=O)NCCSCc2ccco2)c(C2CCN(C(=O)/C=C/c3ccc4c(c3)OCO4)CC2)n1. The number of hydrogen-bond acceptors (Lipinski definition) is 7. The molecule has 0 bridgehead atoms. The molecule has 1 aromatic carbocycles. The van der Waals surface area contributed by atoms with Gasteiger partial charge in [-0.15, -0.1) is 0 Å². The van der Waals surface area contributed by atoms with Gasteiger partial charge in [-0.2, -0.15) is 11.8 Å². The van der Waals surface area contributed by atoms with Crippen molar-refractivity contribution in [3.63, 3.8) is 0 Å². The van der Waals surface area contributed by atoms with E-state index in [2.05, 4.69) is 5.32 Å². The highest BCUT2D eigenvalue weighted by molar-refractivity contribution is 7.98.